The molecular formula is C13H11F2N3S. The van der Waals surface area contributed by atoms with E-state index in [-0.39, 0.29) is 16.2 Å². The number of benzene rings is 1. The summed E-state index contributed by atoms with van der Waals surface area (Å²) in [6.45, 7) is 1.50. The van der Waals surface area contributed by atoms with Crippen LogP contribution in [0.5, 0.6) is 0 Å². The molecule has 0 atom stereocenters. The molecule has 0 amide bonds. The van der Waals surface area contributed by atoms with Crippen LogP contribution >= 0.6 is 12.2 Å². The second-order valence-electron chi connectivity index (χ2n) is 4.00. The minimum absolute atomic E-state index is 0.0491. The Morgan fingerprint density at radius 1 is 1.26 bits per heavy atom. The Kier molecular flexibility index (Phi) is 3.71. The third kappa shape index (κ3) is 3.03. The highest BCUT2D eigenvalue weighted by Crippen LogP contribution is 2.22. The second kappa shape index (κ2) is 5.27. The average molecular weight is 279 g/mol. The third-order valence-electron chi connectivity index (χ3n) is 2.54. The van der Waals surface area contributed by atoms with Gasteiger partial charge in [-0.3, -0.25) is 4.98 Å². The van der Waals surface area contributed by atoms with Crippen molar-refractivity contribution in [3.8, 4) is 0 Å². The van der Waals surface area contributed by atoms with E-state index in [1.807, 2.05) is 0 Å². The van der Waals surface area contributed by atoms with E-state index < -0.39 is 11.6 Å². The standard InChI is InChI=1S/C13H11F2N3S/c1-7-4-10(15)12(5-9(7)14)18-8-2-3-11(13(16)19)17-6-8/h2-6,18H,1H3,(H2,16,19). The van der Waals surface area contributed by atoms with Gasteiger partial charge in [-0.25, -0.2) is 8.78 Å². The second-order valence-corrected chi connectivity index (χ2v) is 4.44. The lowest BCUT2D eigenvalue weighted by atomic mass is 10.2. The summed E-state index contributed by atoms with van der Waals surface area (Å²) in [4.78, 5) is 4.18. The lowest BCUT2D eigenvalue weighted by Gasteiger charge is -2.09. The molecule has 1 aromatic heterocycles. The third-order valence-corrected chi connectivity index (χ3v) is 2.75. The minimum atomic E-state index is -0.530. The Morgan fingerprint density at radius 2 is 2.00 bits per heavy atom. The van der Waals surface area contributed by atoms with Crippen molar-refractivity contribution in [1.82, 2.24) is 4.98 Å². The van der Waals surface area contributed by atoms with Gasteiger partial charge in [0, 0.05) is 6.07 Å². The van der Waals surface area contributed by atoms with Crippen LogP contribution in [0.2, 0.25) is 0 Å². The number of hydrogen-bond acceptors (Lipinski definition) is 3. The summed E-state index contributed by atoms with van der Waals surface area (Å²) in [6.07, 6.45) is 1.45. The van der Waals surface area contributed by atoms with E-state index in [4.69, 9.17) is 18.0 Å². The Morgan fingerprint density at radius 3 is 2.58 bits per heavy atom. The highest BCUT2D eigenvalue weighted by Gasteiger charge is 2.08. The zero-order valence-electron chi connectivity index (χ0n) is 10.1. The number of pyridine rings is 1. The molecule has 1 aromatic carbocycles. The van der Waals surface area contributed by atoms with Crippen LogP contribution in [0.25, 0.3) is 0 Å². The van der Waals surface area contributed by atoms with Crippen molar-refractivity contribution >= 4 is 28.6 Å². The molecule has 0 spiro atoms. The Hall–Kier alpha value is -2.08. The molecule has 0 unspecified atom stereocenters. The van der Waals surface area contributed by atoms with Crippen LogP contribution in [0.3, 0.4) is 0 Å². The molecule has 0 fully saturated rings. The first-order chi connectivity index (χ1) is 8.97. The summed E-state index contributed by atoms with van der Waals surface area (Å²) >= 11 is 4.77. The number of halogens is 2. The average Bonchev–Trinajstić information content (AvgIpc) is 2.36. The molecule has 0 radical (unpaired) electrons. The maximum atomic E-state index is 13.6. The fourth-order valence-electron chi connectivity index (χ4n) is 1.51. The van der Waals surface area contributed by atoms with Gasteiger partial charge in [-0.05, 0) is 30.7 Å². The predicted molar refractivity (Wildman–Crippen MR) is 74.5 cm³/mol. The topological polar surface area (TPSA) is 50.9 Å². The molecule has 6 heteroatoms. The molecule has 0 aliphatic rings. The van der Waals surface area contributed by atoms with Crippen molar-refractivity contribution in [2.24, 2.45) is 5.73 Å². The van der Waals surface area contributed by atoms with E-state index in [0.717, 1.165) is 12.1 Å². The van der Waals surface area contributed by atoms with Crippen molar-refractivity contribution < 1.29 is 8.78 Å². The first-order valence-corrected chi connectivity index (χ1v) is 5.86. The van der Waals surface area contributed by atoms with Gasteiger partial charge in [0.15, 0.2) is 0 Å². The van der Waals surface area contributed by atoms with E-state index in [0.29, 0.717) is 11.4 Å². The highest BCUT2D eigenvalue weighted by molar-refractivity contribution is 7.80. The number of rotatable bonds is 3. The molecule has 0 aliphatic heterocycles. The van der Waals surface area contributed by atoms with Gasteiger partial charge in [0.25, 0.3) is 0 Å². The van der Waals surface area contributed by atoms with E-state index in [9.17, 15) is 8.78 Å². The monoisotopic (exact) mass is 279 g/mol. The molecule has 3 N–H and O–H groups in total. The first kappa shape index (κ1) is 13.4. The fraction of sp³-hybridized carbons (Fsp3) is 0.0769. The van der Waals surface area contributed by atoms with Gasteiger partial charge in [0.2, 0.25) is 0 Å². The lowest BCUT2D eigenvalue weighted by molar-refractivity contribution is 0.595. The number of nitrogens with one attached hydrogen (secondary N) is 1. The van der Waals surface area contributed by atoms with Crippen molar-refractivity contribution in [2.45, 2.75) is 6.92 Å². The number of nitrogens with zero attached hydrogens (tertiary/aromatic N) is 1. The van der Waals surface area contributed by atoms with Crippen LogP contribution in [-0.2, 0) is 0 Å². The summed E-state index contributed by atoms with van der Waals surface area (Å²) in [5, 5.41) is 2.74. The molecular weight excluding hydrogens is 268 g/mol. The van der Waals surface area contributed by atoms with Crippen molar-refractivity contribution in [3.05, 3.63) is 53.4 Å². The molecule has 98 valence electrons. The van der Waals surface area contributed by atoms with Crippen LogP contribution in [0.1, 0.15) is 11.3 Å². The smallest absolute Gasteiger partial charge is 0.147 e. The van der Waals surface area contributed by atoms with Crippen LogP contribution in [-0.4, -0.2) is 9.97 Å². The molecule has 1 heterocycles. The zero-order valence-corrected chi connectivity index (χ0v) is 10.9. The van der Waals surface area contributed by atoms with Crippen LogP contribution in [0, 0.1) is 18.6 Å². The van der Waals surface area contributed by atoms with Gasteiger partial charge in [0.05, 0.1) is 23.3 Å². The fourth-order valence-corrected chi connectivity index (χ4v) is 1.63. The summed E-state index contributed by atoms with van der Waals surface area (Å²) in [5.41, 5.74) is 6.70. The normalized spacial score (nSPS) is 10.3. The number of anilines is 2. The molecule has 0 saturated heterocycles. The van der Waals surface area contributed by atoms with E-state index in [1.54, 1.807) is 12.1 Å². The zero-order chi connectivity index (χ0) is 14.0. The Balaban J connectivity index is 2.26. The molecule has 2 rings (SSSR count). The Labute approximate surface area is 114 Å². The maximum absolute atomic E-state index is 13.6. The summed E-state index contributed by atoms with van der Waals surface area (Å²) in [5.74, 6) is -1.01. The van der Waals surface area contributed by atoms with E-state index in [1.165, 1.54) is 13.1 Å². The molecule has 2 aromatic rings. The van der Waals surface area contributed by atoms with Crippen molar-refractivity contribution in [1.29, 1.82) is 0 Å². The number of nitrogens with two attached hydrogens (primary N) is 1. The number of aryl methyl sites for hydroxylation is 1. The summed E-state index contributed by atoms with van der Waals surface area (Å²) in [7, 11) is 0. The SMILES string of the molecule is Cc1cc(F)c(Nc2ccc(C(N)=S)nc2)cc1F. The van der Waals surface area contributed by atoms with Gasteiger partial charge in [-0.2, -0.15) is 0 Å². The van der Waals surface area contributed by atoms with Crippen molar-refractivity contribution in [2.75, 3.05) is 5.32 Å². The highest BCUT2D eigenvalue weighted by atomic mass is 32.1. The molecule has 0 saturated carbocycles. The van der Waals surface area contributed by atoms with Gasteiger partial charge >= 0.3 is 0 Å². The molecule has 0 aliphatic carbocycles. The van der Waals surface area contributed by atoms with Gasteiger partial charge < -0.3 is 11.1 Å². The predicted octanol–water partition coefficient (Wildman–Crippen LogP) is 3.05. The van der Waals surface area contributed by atoms with Gasteiger partial charge in [-0.1, -0.05) is 12.2 Å². The first-order valence-electron chi connectivity index (χ1n) is 5.46. The number of thiocarbonyl (C=S) groups is 1. The van der Waals surface area contributed by atoms with Gasteiger partial charge in [-0.15, -0.1) is 0 Å². The molecule has 19 heavy (non-hydrogen) atoms. The summed E-state index contributed by atoms with van der Waals surface area (Å²) < 4.78 is 27.0. The number of hydrogen-bond donors (Lipinski definition) is 2. The van der Waals surface area contributed by atoms with E-state index in [2.05, 4.69) is 10.3 Å². The van der Waals surface area contributed by atoms with E-state index >= 15 is 0 Å². The van der Waals surface area contributed by atoms with Crippen LogP contribution in [0.4, 0.5) is 20.2 Å². The lowest BCUT2D eigenvalue weighted by Crippen LogP contribution is -2.11. The van der Waals surface area contributed by atoms with Crippen LogP contribution < -0.4 is 11.1 Å². The minimum Gasteiger partial charge on any atom is -0.388 e. The Bertz CT molecular complexity index is 627. The van der Waals surface area contributed by atoms with Gasteiger partial charge in [0.1, 0.15) is 16.6 Å². The largest absolute Gasteiger partial charge is 0.388 e. The molecule has 3 nitrogen and oxygen atoms in total. The van der Waals surface area contributed by atoms with Crippen molar-refractivity contribution in [3.63, 3.8) is 0 Å². The summed E-state index contributed by atoms with van der Waals surface area (Å²) in [6, 6.07) is 5.48. The quantitative estimate of drug-likeness (QED) is 0.848. The maximum Gasteiger partial charge on any atom is 0.147 e. The molecule has 0 bridgehead atoms. The van der Waals surface area contributed by atoms with Crippen LogP contribution in [0.15, 0.2) is 30.5 Å². The number of aromatic nitrogens is 1.